The molecule has 0 bridgehead atoms. The normalized spacial score (nSPS) is 11.1. The number of aromatic nitrogens is 3. The Morgan fingerprint density at radius 2 is 2.31 bits per heavy atom. The van der Waals surface area contributed by atoms with Gasteiger partial charge in [0.2, 0.25) is 5.89 Å². The lowest BCUT2D eigenvalue weighted by Gasteiger charge is -1.97. The second kappa shape index (κ2) is 3.58. The molecule has 3 rings (SSSR count). The molecular weight excluding hydrogens is 317 g/mol. The molecule has 0 atom stereocenters. The van der Waals surface area contributed by atoms with Crippen LogP contribution >= 0.6 is 22.6 Å². The zero-order valence-corrected chi connectivity index (χ0v) is 10.7. The maximum absolute atomic E-state index is 5.36. The first kappa shape index (κ1) is 9.83. The van der Waals surface area contributed by atoms with Crippen molar-refractivity contribution in [2.24, 2.45) is 0 Å². The highest BCUT2D eigenvalue weighted by Crippen LogP contribution is 2.20. The molecule has 0 spiro atoms. The maximum atomic E-state index is 5.36. The van der Waals surface area contributed by atoms with Crippen LogP contribution in [0.1, 0.15) is 5.69 Å². The Balaban J connectivity index is 2.18. The van der Waals surface area contributed by atoms with Crippen molar-refractivity contribution in [3.63, 3.8) is 0 Å². The van der Waals surface area contributed by atoms with Crippen LogP contribution in [0.15, 0.2) is 35.2 Å². The van der Waals surface area contributed by atoms with Crippen molar-refractivity contribution in [3.05, 3.63) is 40.2 Å². The fourth-order valence-corrected chi connectivity index (χ4v) is 2.12. The molecule has 0 fully saturated rings. The molecule has 0 saturated heterocycles. The second-order valence-electron chi connectivity index (χ2n) is 3.52. The van der Waals surface area contributed by atoms with Crippen molar-refractivity contribution in [2.45, 2.75) is 6.92 Å². The van der Waals surface area contributed by atoms with Crippen molar-refractivity contribution in [3.8, 4) is 11.5 Å². The Labute approximate surface area is 105 Å². The molecule has 0 aliphatic rings. The van der Waals surface area contributed by atoms with E-state index in [0.29, 0.717) is 5.89 Å². The van der Waals surface area contributed by atoms with E-state index in [2.05, 4.69) is 32.6 Å². The van der Waals surface area contributed by atoms with Crippen LogP contribution in [-0.4, -0.2) is 14.4 Å². The van der Waals surface area contributed by atoms with Gasteiger partial charge in [-0.05, 0) is 41.6 Å². The van der Waals surface area contributed by atoms with E-state index in [1.807, 2.05) is 35.9 Å². The molecule has 16 heavy (non-hydrogen) atoms. The number of rotatable bonds is 1. The van der Waals surface area contributed by atoms with E-state index in [1.54, 1.807) is 6.26 Å². The molecule has 0 aromatic carbocycles. The minimum Gasteiger partial charge on any atom is -0.444 e. The van der Waals surface area contributed by atoms with Gasteiger partial charge in [0.15, 0.2) is 0 Å². The molecule has 5 heteroatoms. The largest absolute Gasteiger partial charge is 0.444 e. The van der Waals surface area contributed by atoms with Gasteiger partial charge in [-0.1, -0.05) is 0 Å². The van der Waals surface area contributed by atoms with Crippen LogP contribution in [0.3, 0.4) is 0 Å². The van der Waals surface area contributed by atoms with Gasteiger partial charge in [-0.2, -0.15) is 0 Å². The molecule has 0 unspecified atom stereocenters. The number of hydrogen-bond acceptors (Lipinski definition) is 3. The third-order valence-corrected chi connectivity index (χ3v) is 3.13. The summed E-state index contributed by atoms with van der Waals surface area (Å²) >= 11 is 2.25. The van der Waals surface area contributed by atoms with Gasteiger partial charge in [0.1, 0.15) is 15.6 Å². The smallest absolute Gasteiger partial charge is 0.226 e. The monoisotopic (exact) mass is 325 g/mol. The zero-order valence-electron chi connectivity index (χ0n) is 8.51. The van der Waals surface area contributed by atoms with Crippen LogP contribution in [0.4, 0.5) is 0 Å². The highest BCUT2D eigenvalue weighted by molar-refractivity contribution is 14.1. The van der Waals surface area contributed by atoms with Crippen molar-refractivity contribution in [1.29, 1.82) is 0 Å². The lowest BCUT2D eigenvalue weighted by molar-refractivity contribution is 0.573. The predicted octanol–water partition coefficient (Wildman–Crippen LogP) is 2.90. The summed E-state index contributed by atoms with van der Waals surface area (Å²) in [5, 5.41) is 0. The summed E-state index contributed by atoms with van der Waals surface area (Å²) in [6.07, 6.45) is 5.45. The molecule has 3 aromatic rings. The van der Waals surface area contributed by atoms with E-state index in [1.165, 1.54) is 0 Å². The molecule has 0 amide bonds. The molecule has 0 N–H and O–H groups in total. The Morgan fingerprint density at radius 1 is 1.44 bits per heavy atom. The number of pyridine rings is 1. The molecule has 3 heterocycles. The first-order valence-electron chi connectivity index (χ1n) is 4.79. The maximum Gasteiger partial charge on any atom is 0.226 e. The fourth-order valence-electron chi connectivity index (χ4n) is 1.57. The van der Waals surface area contributed by atoms with Gasteiger partial charge < -0.3 is 4.42 Å². The summed E-state index contributed by atoms with van der Waals surface area (Å²) in [5.41, 5.74) is 2.73. The average Bonchev–Trinajstić information content (AvgIpc) is 2.86. The van der Waals surface area contributed by atoms with Gasteiger partial charge >= 0.3 is 0 Å². The molecule has 0 aliphatic carbocycles. The third kappa shape index (κ3) is 1.51. The topological polar surface area (TPSA) is 43.3 Å². The van der Waals surface area contributed by atoms with Crippen LogP contribution in [0.2, 0.25) is 0 Å². The molecular formula is C11H8IN3O. The van der Waals surface area contributed by atoms with Crippen LogP contribution in [-0.2, 0) is 0 Å². The molecule has 0 saturated carbocycles. The SMILES string of the molecule is Cc1coc(-c2ccn3c(I)cnc3c2)n1. The highest BCUT2D eigenvalue weighted by atomic mass is 127. The van der Waals surface area contributed by atoms with Crippen molar-refractivity contribution < 1.29 is 4.42 Å². The molecule has 3 aromatic heterocycles. The van der Waals surface area contributed by atoms with Crippen molar-refractivity contribution in [2.75, 3.05) is 0 Å². The number of imidazole rings is 1. The summed E-state index contributed by atoms with van der Waals surface area (Å²) < 4.78 is 8.46. The van der Waals surface area contributed by atoms with E-state index in [9.17, 15) is 0 Å². The van der Waals surface area contributed by atoms with E-state index >= 15 is 0 Å². The van der Waals surface area contributed by atoms with Crippen LogP contribution in [0.25, 0.3) is 17.1 Å². The summed E-state index contributed by atoms with van der Waals surface area (Å²) in [7, 11) is 0. The van der Waals surface area contributed by atoms with Gasteiger partial charge in [0.25, 0.3) is 0 Å². The van der Waals surface area contributed by atoms with Gasteiger partial charge in [-0.3, -0.25) is 4.40 Å². The first-order valence-corrected chi connectivity index (χ1v) is 5.87. The zero-order chi connectivity index (χ0) is 11.1. The fraction of sp³-hybridized carbons (Fsp3) is 0.0909. The Kier molecular flexibility index (Phi) is 2.20. The first-order chi connectivity index (χ1) is 7.74. The highest BCUT2D eigenvalue weighted by Gasteiger charge is 2.07. The lowest BCUT2D eigenvalue weighted by atomic mass is 10.2. The van der Waals surface area contributed by atoms with Gasteiger partial charge in [0.05, 0.1) is 11.9 Å². The number of nitrogens with zero attached hydrogens (tertiary/aromatic N) is 3. The van der Waals surface area contributed by atoms with Crippen LogP contribution < -0.4 is 0 Å². The third-order valence-electron chi connectivity index (χ3n) is 2.33. The standard InChI is InChI=1S/C11H8IN3O/c1-7-6-16-11(14-7)8-2-3-15-9(12)5-13-10(15)4-8/h2-6H,1H3. The number of halogens is 1. The van der Waals surface area contributed by atoms with E-state index in [0.717, 1.165) is 20.6 Å². The van der Waals surface area contributed by atoms with E-state index in [4.69, 9.17) is 4.42 Å². The number of fused-ring (bicyclic) bond motifs is 1. The van der Waals surface area contributed by atoms with E-state index < -0.39 is 0 Å². The minimum absolute atomic E-state index is 0.637. The average molecular weight is 325 g/mol. The number of aryl methyl sites for hydroxylation is 1. The van der Waals surface area contributed by atoms with Gasteiger partial charge in [-0.25, -0.2) is 9.97 Å². The minimum atomic E-state index is 0.637. The Hall–Kier alpha value is -1.37. The Bertz CT molecular complexity index is 656. The van der Waals surface area contributed by atoms with Crippen LogP contribution in [0.5, 0.6) is 0 Å². The van der Waals surface area contributed by atoms with Gasteiger partial charge in [-0.15, -0.1) is 0 Å². The molecule has 4 nitrogen and oxygen atoms in total. The summed E-state index contributed by atoms with van der Waals surface area (Å²) in [6.45, 7) is 1.91. The molecule has 0 aliphatic heterocycles. The predicted molar refractivity (Wildman–Crippen MR) is 68.1 cm³/mol. The van der Waals surface area contributed by atoms with Gasteiger partial charge in [0, 0.05) is 11.8 Å². The Morgan fingerprint density at radius 3 is 3.06 bits per heavy atom. The van der Waals surface area contributed by atoms with Crippen molar-refractivity contribution >= 4 is 28.2 Å². The summed E-state index contributed by atoms with van der Waals surface area (Å²) in [5.74, 6) is 0.637. The molecule has 80 valence electrons. The van der Waals surface area contributed by atoms with Crippen LogP contribution in [0, 0.1) is 10.6 Å². The quantitative estimate of drug-likeness (QED) is 0.646. The van der Waals surface area contributed by atoms with Crippen molar-refractivity contribution in [1.82, 2.24) is 14.4 Å². The summed E-state index contributed by atoms with van der Waals surface area (Å²) in [4.78, 5) is 8.59. The second-order valence-corrected chi connectivity index (χ2v) is 4.62. The lowest BCUT2D eigenvalue weighted by Crippen LogP contribution is -1.87. The summed E-state index contributed by atoms with van der Waals surface area (Å²) in [6, 6.07) is 3.94. The number of oxazole rings is 1. The number of hydrogen-bond donors (Lipinski definition) is 0. The van der Waals surface area contributed by atoms with E-state index in [-0.39, 0.29) is 0 Å². The molecule has 0 radical (unpaired) electrons.